The molecular formula is C32H38FN7O3. The van der Waals surface area contributed by atoms with Gasteiger partial charge in [0, 0.05) is 37.8 Å². The molecule has 2 saturated heterocycles. The molecule has 2 aromatic carbocycles. The Kier molecular flexibility index (Phi) is 7.91. The molecule has 6 rings (SSSR count). The topological polar surface area (TPSA) is 112 Å². The van der Waals surface area contributed by atoms with E-state index in [-0.39, 0.29) is 18.0 Å². The van der Waals surface area contributed by atoms with Crippen molar-refractivity contribution in [2.24, 2.45) is 0 Å². The maximum Gasteiger partial charge on any atom is 0.410 e. The monoisotopic (exact) mass is 587 g/mol. The third-order valence-electron chi connectivity index (χ3n) is 8.17. The van der Waals surface area contributed by atoms with E-state index in [4.69, 9.17) is 20.3 Å². The Hall–Kier alpha value is -4.25. The SMILES string of the molecule is CC(C)(C)OC(=O)N1CCC(N2CCC(n3nc(-c4ccc(Oc5ccc(F)cc5)cc4)c4c(N)ncnc43)CC2)CC1. The molecule has 4 aromatic rings. The molecule has 43 heavy (non-hydrogen) atoms. The molecule has 0 unspecified atom stereocenters. The highest BCUT2D eigenvalue weighted by Gasteiger charge is 2.33. The summed E-state index contributed by atoms with van der Waals surface area (Å²) in [5.41, 5.74) is 8.23. The van der Waals surface area contributed by atoms with Gasteiger partial charge in [0.05, 0.1) is 11.4 Å². The minimum Gasteiger partial charge on any atom is -0.457 e. The summed E-state index contributed by atoms with van der Waals surface area (Å²) >= 11 is 0. The van der Waals surface area contributed by atoms with Crippen molar-refractivity contribution in [3.8, 4) is 22.8 Å². The van der Waals surface area contributed by atoms with E-state index in [0.717, 1.165) is 74.2 Å². The fourth-order valence-corrected chi connectivity index (χ4v) is 6.01. The van der Waals surface area contributed by atoms with Gasteiger partial charge in [-0.05, 0) is 95.0 Å². The van der Waals surface area contributed by atoms with Crippen LogP contribution in [0.5, 0.6) is 11.5 Å². The average molecular weight is 588 g/mol. The first-order chi connectivity index (χ1) is 20.6. The number of benzene rings is 2. The van der Waals surface area contributed by atoms with Crippen LogP contribution in [-0.4, -0.2) is 73.5 Å². The van der Waals surface area contributed by atoms with Crippen LogP contribution in [0.15, 0.2) is 54.9 Å². The van der Waals surface area contributed by atoms with Gasteiger partial charge in [-0.2, -0.15) is 5.10 Å². The van der Waals surface area contributed by atoms with Gasteiger partial charge in [-0.3, -0.25) is 0 Å². The van der Waals surface area contributed by atoms with Crippen LogP contribution in [0.3, 0.4) is 0 Å². The van der Waals surface area contributed by atoms with Crippen LogP contribution in [0.4, 0.5) is 15.0 Å². The first kappa shape index (κ1) is 28.9. The van der Waals surface area contributed by atoms with E-state index < -0.39 is 5.60 Å². The average Bonchev–Trinajstić information content (AvgIpc) is 3.39. The van der Waals surface area contributed by atoms with Gasteiger partial charge >= 0.3 is 6.09 Å². The number of hydrogen-bond donors (Lipinski definition) is 1. The van der Waals surface area contributed by atoms with Crippen molar-refractivity contribution >= 4 is 22.9 Å². The summed E-state index contributed by atoms with van der Waals surface area (Å²) in [5, 5.41) is 5.78. The Balaban J connectivity index is 1.13. The number of hydrogen-bond acceptors (Lipinski definition) is 8. The lowest BCUT2D eigenvalue weighted by atomic mass is 9.98. The fraction of sp³-hybridized carbons (Fsp3) is 0.438. The first-order valence-electron chi connectivity index (χ1n) is 14.9. The Morgan fingerprint density at radius 2 is 1.49 bits per heavy atom. The van der Waals surface area contributed by atoms with Gasteiger partial charge in [0.25, 0.3) is 0 Å². The molecule has 0 bridgehead atoms. The van der Waals surface area contributed by atoms with Crippen molar-refractivity contribution in [3.05, 3.63) is 60.7 Å². The van der Waals surface area contributed by atoms with Gasteiger partial charge in [-0.25, -0.2) is 23.8 Å². The van der Waals surface area contributed by atoms with Gasteiger partial charge in [-0.1, -0.05) is 0 Å². The van der Waals surface area contributed by atoms with Crippen molar-refractivity contribution in [3.63, 3.8) is 0 Å². The minimum atomic E-state index is -0.481. The highest BCUT2D eigenvalue weighted by atomic mass is 19.1. The molecule has 11 heteroatoms. The summed E-state index contributed by atoms with van der Waals surface area (Å²) in [5.74, 6) is 1.28. The van der Waals surface area contributed by atoms with E-state index in [9.17, 15) is 9.18 Å². The number of fused-ring (bicyclic) bond motifs is 1. The zero-order chi connectivity index (χ0) is 30.1. The molecule has 4 heterocycles. The number of nitrogens with two attached hydrogens (primary N) is 1. The lowest BCUT2D eigenvalue weighted by Gasteiger charge is -2.41. The Morgan fingerprint density at radius 3 is 2.12 bits per heavy atom. The second-order valence-electron chi connectivity index (χ2n) is 12.3. The number of rotatable bonds is 5. The fourth-order valence-electron chi connectivity index (χ4n) is 6.01. The lowest BCUT2D eigenvalue weighted by molar-refractivity contribution is 0.0119. The summed E-state index contributed by atoms with van der Waals surface area (Å²) in [4.78, 5) is 25.7. The van der Waals surface area contributed by atoms with Crippen LogP contribution in [0.2, 0.25) is 0 Å². The summed E-state index contributed by atoms with van der Waals surface area (Å²) < 4.78 is 26.7. The molecule has 2 N–H and O–H groups in total. The standard InChI is InChI=1S/C32H38FN7O3/c1-32(2,3)43-31(41)39-18-12-23(13-19-39)38-16-14-24(15-17-38)40-30-27(29(34)35-20-36-30)28(37-40)21-4-8-25(9-5-21)42-26-10-6-22(33)7-11-26/h4-11,20,23-24H,12-19H2,1-3H3,(H2,34,35,36). The quantitative estimate of drug-likeness (QED) is 0.301. The molecule has 0 aliphatic carbocycles. The predicted octanol–water partition coefficient (Wildman–Crippen LogP) is 6.04. The van der Waals surface area contributed by atoms with Gasteiger partial charge < -0.3 is 25.0 Å². The zero-order valence-electron chi connectivity index (χ0n) is 24.9. The Morgan fingerprint density at radius 1 is 0.884 bits per heavy atom. The molecule has 0 saturated carbocycles. The second kappa shape index (κ2) is 11.8. The van der Waals surface area contributed by atoms with Crippen LogP contribution in [-0.2, 0) is 4.74 Å². The van der Waals surface area contributed by atoms with Gasteiger partial charge in [0.15, 0.2) is 5.65 Å². The van der Waals surface area contributed by atoms with E-state index in [1.54, 1.807) is 12.1 Å². The van der Waals surface area contributed by atoms with Gasteiger partial charge in [0.1, 0.15) is 40.8 Å². The highest BCUT2D eigenvalue weighted by Crippen LogP contribution is 2.36. The van der Waals surface area contributed by atoms with Crippen molar-refractivity contribution in [2.45, 2.75) is 64.1 Å². The number of anilines is 1. The number of piperidine rings is 2. The number of aromatic nitrogens is 4. The molecule has 10 nitrogen and oxygen atoms in total. The highest BCUT2D eigenvalue weighted by molar-refractivity contribution is 5.98. The summed E-state index contributed by atoms with van der Waals surface area (Å²) in [6.45, 7) is 9.04. The Bertz CT molecular complexity index is 1570. The van der Waals surface area contributed by atoms with E-state index in [1.165, 1.54) is 18.5 Å². The minimum absolute atomic E-state index is 0.185. The number of nitrogens with zero attached hydrogens (tertiary/aromatic N) is 6. The van der Waals surface area contributed by atoms with Crippen molar-refractivity contribution < 1.29 is 18.7 Å². The molecule has 0 spiro atoms. The van der Waals surface area contributed by atoms with Crippen LogP contribution >= 0.6 is 0 Å². The van der Waals surface area contributed by atoms with Crippen molar-refractivity contribution in [1.29, 1.82) is 0 Å². The molecule has 2 aliphatic rings. The maximum atomic E-state index is 13.2. The summed E-state index contributed by atoms with van der Waals surface area (Å²) in [7, 11) is 0. The molecule has 0 atom stereocenters. The lowest BCUT2D eigenvalue weighted by Crippen LogP contribution is -2.50. The zero-order valence-corrected chi connectivity index (χ0v) is 24.9. The molecule has 1 amide bonds. The molecule has 2 fully saturated rings. The molecule has 2 aromatic heterocycles. The van der Waals surface area contributed by atoms with Gasteiger partial charge in [-0.15, -0.1) is 0 Å². The number of carbonyl (C=O) groups is 1. The Labute approximate surface area is 250 Å². The largest absolute Gasteiger partial charge is 0.457 e. The van der Waals surface area contributed by atoms with E-state index in [1.807, 2.05) is 54.6 Å². The van der Waals surface area contributed by atoms with E-state index in [2.05, 4.69) is 14.9 Å². The van der Waals surface area contributed by atoms with Gasteiger partial charge in [0.2, 0.25) is 0 Å². The number of nitrogen functional groups attached to an aromatic ring is 1. The number of halogens is 1. The number of carbonyl (C=O) groups excluding carboxylic acids is 1. The second-order valence-corrected chi connectivity index (χ2v) is 12.3. The maximum absolute atomic E-state index is 13.2. The summed E-state index contributed by atoms with van der Waals surface area (Å²) in [6, 6.07) is 14.1. The number of ether oxygens (including phenoxy) is 2. The van der Waals surface area contributed by atoms with Crippen molar-refractivity contribution in [1.82, 2.24) is 29.5 Å². The van der Waals surface area contributed by atoms with Crippen LogP contribution in [0.25, 0.3) is 22.3 Å². The molecule has 0 radical (unpaired) electrons. The smallest absolute Gasteiger partial charge is 0.410 e. The van der Waals surface area contributed by atoms with Crippen LogP contribution in [0, 0.1) is 5.82 Å². The van der Waals surface area contributed by atoms with E-state index >= 15 is 0 Å². The predicted molar refractivity (Wildman–Crippen MR) is 162 cm³/mol. The number of likely N-dealkylation sites (tertiary alicyclic amines) is 2. The third-order valence-corrected chi connectivity index (χ3v) is 8.17. The molecule has 226 valence electrons. The van der Waals surface area contributed by atoms with E-state index in [0.29, 0.717) is 23.4 Å². The molecular weight excluding hydrogens is 549 g/mol. The summed E-state index contributed by atoms with van der Waals surface area (Å²) in [6.07, 6.45) is 5.05. The first-order valence-corrected chi connectivity index (χ1v) is 14.9. The third kappa shape index (κ3) is 6.41. The van der Waals surface area contributed by atoms with Crippen molar-refractivity contribution in [2.75, 3.05) is 31.9 Å². The number of amides is 1. The normalized spacial score (nSPS) is 17.3. The van der Waals surface area contributed by atoms with Crippen LogP contribution < -0.4 is 10.5 Å². The van der Waals surface area contributed by atoms with Crippen LogP contribution in [0.1, 0.15) is 52.5 Å². The molecule has 2 aliphatic heterocycles.